The molecule has 17 heteroatoms. The smallest absolute Gasteiger partial charge is 0.355 e. The molecule has 2 saturated heterocycles. The number of thiazole rings is 1. The van der Waals surface area contributed by atoms with Crippen molar-refractivity contribution >= 4 is 46.1 Å². The Morgan fingerprint density at radius 2 is 1.89 bits per heavy atom. The van der Waals surface area contributed by atoms with Gasteiger partial charge < -0.3 is 39.2 Å². The van der Waals surface area contributed by atoms with Gasteiger partial charge in [-0.3, -0.25) is 19.6 Å². The molecule has 0 radical (unpaired) electrons. The van der Waals surface area contributed by atoms with E-state index in [4.69, 9.17) is 19.4 Å². The number of carbonyl (C=O) groups excluding carboxylic acids is 4. The average Bonchev–Trinajstić information content (AvgIpc) is 3.84. The minimum Gasteiger partial charge on any atom is -0.462 e. The third kappa shape index (κ3) is 9.31. The second-order valence-electron chi connectivity index (χ2n) is 18.6. The summed E-state index contributed by atoms with van der Waals surface area (Å²) in [4.78, 5) is 71.2. The number of aliphatic hydroxyl groups is 1. The van der Waals surface area contributed by atoms with Gasteiger partial charge in [-0.2, -0.15) is 5.43 Å². The highest BCUT2D eigenvalue weighted by atomic mass is 32.1. The summed E-state index contributed by atoms with van der Waals surface area (Å²) in [6.45, 7) is 13.7. The zero-order chi connectivity index (χ0) is 46.2. The van der Waals surface area contributed by atoms with Crippen molar-refractivity contribution < 1.29 is 33.8 Å². The predicted octanol–water partition coefficient (Wildman–Crippen LogP) is 5.36. The monoisotopic (exact) mass is 897 g/mol. The molecule has 3 aliphatic rings. The molecule has 1 aromatic carbocycles. The molecule has 2 fully saturated rings. The normalized spacial score (nSPS) is 21.4. The maximum Gasteiger partial charge on any atom is 0.355 e. The van der Waals surface area contributed by atoms with Crippen molar-refractivity contribution in [3.05, 3.63) is 69.9 Å². The van der Waals surface area contributed by atoms with Gasteiger partial charge in [0.05, 0.1) is 34.8 Å². The van der Waals surface area contributed by atoms with Gasteiger partial charge in [-0.1, -0.05) is 33.8 Å². The molecule has 6 heterocycles. The molecule has 64 heavy (non-hydrogen) atoms. The summed E-state index contributed by atoms with van der Waals surface area (Å²) in [5.41, 5.74) is 6.32. The highest BCUT2D eigenvalue weighted by molar-refractivity contribution is 7.10. The van der Waals surface area contributed by atoms with E-state index >= 15 is 0 Å². The Labute approximate surface area is 379 Å². The van der Waals surface area contributed by atoms with Crippen LogP contribution in [0.4, 0.5) is 4.79 Å². The Balaban J connectivity index is 1.29. The molecule has 0 spiro atoms. The summed E-state index contributed by atoms with van der Waals surface area (Å²) in [6, 6.07) is 9.38. The van der Waals surface area contributed by atoms with E-state index in [1.54, 1.807) is 31.3 Å². The molecule has 3 N–H and O–H groups in total. The van der Waals surface area contributed by atoms with E-state index in [1.165, 1.54) is 16.2 Å². The van der Waals surface area contributed by atoms with E-state index in [9.17, 15) is 24.3 Å². The molecular formula is C47H63N9O7S. The number of nitrogens with one attached hydrogen (secondary N) is 2. The number of rotatable bonds is 9. The molecule has 0 aliphatic carbocycles. The molecule has 16 nitrogen and oxygen atoms in total. The van der Waals surface area contributed by atoms with Crippen molar-refractivity contribution in [2.75, 3.05) is 54.5 Å². The number of fused-ring (bicyclic) bond motifs is 6. The van der Waals surface area contributed by atoms with Crippen molar-refractivity contribution in [2.45, 2.75) is 97.7 Å². The molecular weight excluding hydrogens is 835 g/mol. The highest BCUT2D eigenvalue weighted by Crippen LogP contribution is 2.42. The fraction of sp³-hybridized carbons (Fsp3) is 0.532. The number of aryl methyl sites for hydroxylation is 1. The van der Waals surface area contributed by atoms with Crippen molar-refractivity contribution in [3.8, 4) is 22.5 Å². The number of hydrogen-bond donors (Lipinski definition) is 3. The first-order valence-corrected chi connectivity index (χ1v) is 23.0. The zero-order valence-corrected chi connectivity index (χ0v) is 39.5. The Morgan fingerprint density at radius 3 is 2.58 bits per heavy atom. The number of urea groups is 1. The lowest BCUT2D eigenvalue weighted by Crippen LogP contribution is -2.65. The topological polar surface area (TPSA) is 175 Å². The van der Waals surface area contributed by atoms with Gasteiger partial charge in [0.2, 0.25) is 11.6 Å². The first kappa shape index (κ1) is 46.8. The third-order valence-electron chi connectivity index (χ3n) is 12.7. The quantitative estimate of drug-likeness (QED) is 0.185. The molecule has 4 aromatic rings. The number of hydrogen-bond acceptors (Lipinski definition) is 12. The SMILES string of the molecule is CCn1c(-c2cccnc2[C@H](C)OC)c2c3cc(ccc31)-c1csc(n1)C/C=C(\NC(=O)[C@H](C(C)C)N(C)C(=O)N1CC(N(C)C)C1)C(=O)N1CCC[C@@](O)(N1)C(=O)OCC(C)(C)C2. The zero-order valence-electron chi connectivity index (χ0n) is 38.7. The van der Waals surface area contributed by atoms with Crippen LogP contribution in [-0.2, 0) is 43.2 Å². The van der Waals surface area contributed by atoms with Crippen molar-refractivity contribution in [2.24, 2.45) is 11.3 Å². The number of benzene rings is 1. The number of methoxy groups -OCH3 is 1. The first-order chi connectivity index (χ1) is 30.4. The van der Waals surface area contributed by atoms with E-state index in [1.807, 2.05) is 60.2 Å². The van der Waals surface area contributed by atoms with Crippen LogP contribution in [0, 0.1) is 11.3 Å². The minimum absolute atomic E-state index is 0.00473. The number of ether oxygens (including phenoxy) is 2. The second-order valence-corrected chi connectivity index (χ2v) is 19.6. The van der Waals surface area contributed by atoms with E-state index in [-0.39, 0.29) is 62.2 Å². The Hall–Kier alpha value is -5.20. The van der Waals surface area contributed by atoms with Gasteiger partial charge in [0.15, 0.2) is 0 Å². The van der Waals surface area contributed by atoms with E-state index in [0.717, 1.165) is 49.7 Å². The number of allylic oxidation sites excluding steroid dienone is 1. The summed E-state index contributed by atoms with van der Waals surface area (Å²) in [7, 11) is 7.21. The molecule has 0 saturated carbocycles. The largest absolute Gasteiger partial charge is 0.462 e. The van der Waals surface area contributed by atoms with Crippen LogP contribution >= 0.6 is 11.3 Å². The molecule has 4 amide bonds. The van der Waals surface area contributed by atoms with Gasteiger partial charge >= 0.3 is 12.0 Å². The number of carbonyl (C=O) groups is 4. The van der Waals surface area contributed by atoms with Crippen LogP contribution in [0.15, 0.2) is 53.7 Å². The number of aromatic nitrogens is 3. The number of cyclic esters (lactones) is 1. The highest BCUT2D eigenvalue weighted by Gasteiger charge is 2.45. The van der Waals surface area contributed by atoms with Gasteiger partial charge in [0, 0.05) is 98.2 Å². The minimum atomic E-state index is -2.22. The summed E-state index contributed by atoms with van der Waals surface area (Å²) in [6.07, 6.45) is 4.05. The van der Waals surface area contributed by atoms with Crippen LogP contribution < -0.4 is 10.7 Å². The number of amides is 4. The molecule has 3 atom stereocenters. The Kier molecular flexibility index (Phi) is 13.7. The summed E-state index contributed by atoms with van der Waals surface area (Å²) in [5.74, 6) is -2.42. The maximum atomic E-state index is 14.5. The summed E-state index contributed by atoms with van der Waals surface area (Å²) >= 11 is 1.44. The van der Waals surface area contributed by atoms with Gasteiger partial charge in [-0.05, 0) is 82.6 Å². The Morgan fingerprint density at radius 1 is 1.14 bits per heavy atom. The van der Waals surface area contributed by atoms with Crippen LogP contribution in [0.3, 0.4) is 0 Å². The first-order valence-electron chi connectivity index (χ1n) is 22.1. The van der Waals surface area contributed by atoms with Crippen LogP contribution in [-0.4, -0.2) is 135 Å². The molecule has 3 aromatic heterocycles. The van der Waals surface area contributed by atoms with Crippen LogP contribution in [0.5, 0.6) is 0 Å². The summed E-state index contributed by atoms with van der Waals surface area (Å²) < 4.78 is 14.0. The molecule has 7 rings (SSSR count). The van der Waals surface area contributed by atoms with Crippen LogP contribution in [0.1, 0.15) is 76.8 Å². The fourth-order valence-corrected chi connectivity index (χ4v) is 9.73. The average molecular weight is 898 g/mol. The number of likely N-dealkylation sites (N-methyl/N-ethyl adjacent to an activating group) is 2. The molecule has 6 bridgehead atoms. The van der Waals surface area contributed by atoms with E-state index < -0.39 is 35.0 Å². The molecule has 0 unspecified atom stereocenters. The lowest BCUT2D eigenvalue weighted by molar-refractivity contribution is -0.188. The standard InChI is InChI=1S/C47H63N9O7S/c1-11-55-37-17-15-30-22-33(37)34(41(55)32-14-12-20-48-39(32)29(4)62-10)23-46(5,6)27-63-44(59)47(61)19-13-21-56(51-47)43(58)35(16-18-38-49-36(30)26-64-38)50-42(57)40(28(2)3)53(9)45(60)54-24-31(25-54)52(7)8/h12,14-17,20,22,26,28-29,31,40,51,61H,11,13,18-19,21,23-25,27H2,1-10H3,(H,50,57)/b35-16-/t29-,40-,47-/m0/s1. The molecule has 3 aliphatic heterocycles. The number of likely N-dealkylation sites (tertiary alicyclic amines) is 1. The lowest BCUT2D eigenvalue weighted by Gasteiger charge is -2.45. The summed E-state index contributed by atoms with van der Waals surface area (Å²) in [5, 5.41) is 19.5. The van der Waals surface area contributed by atoms with Gasteiger partial charge in [0.1, 0.15) is 11.7 Å². The van der Waals surface area contributed by atoms with Gasteiger partial charge in [-0.15, -0.1) is 11.3 Å². The maximum absolute atomic E-state index is 14.5. The van der Waals surface area contributed by atoms with Gasteiger partial charge in [0.25, 0.3) is 5.91 Å². The number of esters is 1. The number of nitrogens with zero attached hydrogens (tertiary/aromatic N) is 7. The van der Waals surface area contributed by atoms with E-state index in [0.29, 0.717) is 31.1 Å². The molecule has 344 valence electrons. The van der Waals surface area contributed by atoms with Crippen LogP contribution in [0.25, 0.3) is 33.4 Å². The Bertz CT molecular complexity index is 2440. The lowest BCUT2D eigenvalue weighted by atomic mass is 9.84. The number of pyridine rings is 1. The third-order valence-corrected chi connectivity index (χ3v) is 13.6. The number of hydrazine groups is 1. The predicted molar refractivity (Wildman–Crippen MR) is 246 cm³/mol. The van der Waals surface area contributed by atoms with Crippen molar-refractivity contribution in [3.63, 3.8) is 0 Å². The van der Waals surface area contributed by atoms with Gasteiger partial charge in [-0.25, -0.2) is 14.6 Å². The second kappa shape index (κ2) is 18.7. The van der Waals surface area contributed by atoms with Crippen molar-refractivity contribution in [1.29, 1.82) is 0 Å². The van der Waals surface area contributed by atoms with E-state index in [2.05, 4.69) is 51.4 Å². The van der Waals surface area contributed by atoms with Crippen molar-refractivity contribution in [1.82, 2.24) is 45.0 Å². The fourth-order valence-electron chi connectivity index (χ4n) is 8.97. The van der Waals surface area contributed by atoms with Crippen LogP contribution in [0.2, 0.25) is 0 Å².